The highest BCUT2D eigenvalue weighted by atomic mass is 32.1. The molecule has 0 spiro atoms. The Bertz CT molecular complexity index is 401. The van der Waals surface area contributed by atoms with Crippen LogP contribution in [-0.2, 0) is 11.2 Å². The molecule has 3 heteroatoms. The highest BCUT2D eigenvalue weighted by molar-refractivity contribution is 7.09. The number of nitrogens with zero attached hydrogens (tertiary/aromatic N) is 1. The molecule has 0 aromatic carbocycles. The molecule has 0 radical (unpaired) electrons. The summed E-state index contributed by atoms with van der Waals surface area (Å²) in [6, 6.07) is 5.09. The van der Waals surface area contributed by atoms with Crippen LogP contribution in [0.15, 0.2) is 17.5 Å². The first-order valence-electron chi connectivity index (χ1n) is 6.95. The molecule has 0 N–H and O–H groups in total. The van der Waals surface area contributed by atoms with E-state index in [1.54, 1.807) is 0 Å². The van der Waals surface area contributed by atoms with Gasteiger partial charge in [-0.05, 0) is 31.3 Å². The maximum Gasteiger partial charge on any atom is 0.0685 e. The first-order valence-corrected chi connectivity index (χ1v) is 7.83. The van der Waals surface area contributed by atoms with Crippen molar-refractivity contribution in [2.45, 2.75) is 38.8 Å². The fraction of sp³-hybridized carbons (Fsp3) is 0.733. The molecule has 0 unspecified atom stereocenters. The van der Waals surface area contributed by atoms with Crippen molar-refractivity contribution in [1.82, 2.24) is 4.90 Å². The first-order chi connectivity index (χ1) is 8.60. The molecule has 2 nitrogen and oxygen atoms in total. The van der Waals surface area contributed by atoms with Crippen molar-refractivity contribution in [1.29, 1.82) is 0 Å². The van der Waals surface area contributed by atoms with E-state index in [1.165, 1.54) is 17.7 Å². The van der Waals surface area contributed by atoms with Crippen LogP contribution < -0.4 is 0 Å². The van der Waals surface area contributed by atoms with Crippen molar-refractivity contribution in [2.24, 2.45) is 11.3 Å². The highest BCUT2D eigenvalue weighted by Gasteiger charge is 2.60. The zero-order chi connectivity index (χ0) is 12.8. The standard InChI is InChI=1S/C15H23NOS/c1-15(2)13(12-7-9-17-14(12)15)16(3)8-6-11-5-4-10-18-11/h4-5,10,12-14H,6-9H2,1-3H3/t12-,13-,14+/m1/s1. The van der Waals surface area contributed by atoms with Crippen LogP contribution in [0.5, 0.6) is 0 Å². The Morgan fingerprint density at radius 3 is 3.06 bits per heavy atom. The third kappa shape index (κ3) is 1.93. The van der Waals surface area contributed by atoms with Gasteiger partial charge in [-0.25, -0.2) is 0 Å². The molecule has 3 rings (SSSR count). The van der Waals surface area contributed by atoms with Gasteiger partial charge >= 0.3 is 0 Å². The van der Waals surface area contributed by atoms with E-state index in [1.807, 2.05) is 11.3 Å². The van der Waals surface area contributed by atoms with Crippen LogP contribution in [0.1, 0.15) is 25.1 Å². The Kier molecular flexibility index (Phi) is 3.25. The van der Waals surface area contributed by atoms with Gasteiger partial charge in [0.1, 0.15) is 0 Å². The van der Waals surface area contributed by atoms with E-state index in [-0.39, 0.29) is 0 Å². The maximum atomic E-state index is 5.87. The van der Waals surface area contributed by atoms with Gasteiger partial charge in [-0.1, -0.05) is 19.9 Å². The highest BCUT2D eigenvalue weighted by Crippen LogP contribution is 2.54. The second-order valence-corrected chi connectivity index (χ2v) is 7.35. The van der Waals surface area contributed by atoms with Crippen molar-refractivity contribution >= 4 is 11.3 Å². The average Bonchev–Trinajstić information content (AvgIpc) is 2.95. The molecule has 18 heavy (non-hydrogen) atoms. The summed E-state index contributed by atoms with van der Waals surface area (Å²) in [6.45, 7) is 6.86. The smallest absolute Gasteiger partial charge is 0.0685 e. The molecule has 2 heterocycles. The summed E-state index contributed by atoms with van der Waals surface area (Å²) >= 11 is 1.87. The predicted octanol–water partition coefficient (Wildman–Crippen LogP) is 3.04. The topological polar surface area (TPSA) is 12.5 Å². The Labute approximate surface area is 114 Å². The summed E-state index contributed by atoms with van der Waals surface area (Å²) in [5, 5.41) is 2.17. The van der Waals surface area contributed by atoms with Crippen LogP contribution in [-0.4, -0.2) is 37.2 Å². The van der Waals surface area contributed by atoms with E-state index in [0.717, 1.165) is 19.1 Å². The van der Waals surface area contributed by atoms with Crippen LogP contribution in [0.4, 0.5) is 0 Å². The molecule has 1 aromatic rings. The van der Waals surface area contributed by atoms with E-state index in [9.17, 15) is 0 Å². The monoisotopic (exact) mass is 265 g/mol. The van der Waals surface area contributed by atoms with Crippen LogP contribution in [0.3, 0.4) is 0 Å². The van der Waals surface area contributed by atoms with Gasteiger partial charge in [0.15, 0.2) is 0 Å². The molecule has 100 valence electrons. The molecular weight excluding hydrogens is 242 g/mol. The normalized spacial score (nSPS) is 33.4. The number of hydrogen-bond donors (Lipinski definition) is 0. The zero-order valence-corrected chi connectivity index (χ0v) is 12.4. The summed E-state index contributed by atoms with van der Waals surface area (Å²) in [5.74, 6) is 0.772. The minimum atomic E-state index is 0.325. The molecule has 0 bridgehead atoms. The lowest BCUT2D eigenvalue weighted by molar-refractivity contribution is -0.149. The second kappa shape index (κ2) is 4.62. The van der Waals surface area contributed by atoms with Gasteiger partial charge in [0.05, 0.1) is 6.10 Å². The fourth-order valence-electron chi connectivity index (χ4n) is 4.07. The van der Waals surface area contributed by atoms with Crippen LogP contribution in [0, 0.1) is 11.3 Å². The number of hydrogen-bond acceptors (Lipinski definition) is 3. The average molecular weight is 265 g/mol. The number of rotatable bonds is 4. The minimum Gasteiger partial charge on any atom is -0.377 e. The van der Waals surface area contributed by atoms with Crippen LogP contribution >= 0.6 is 11.3 Å². The SMILES string of the molecule is CN(CCc1cccs1)[C@@H]1[C@H]2CCO[C@@H]2C1(C)C. The lowest BCUT2D eigenvalue weighted by atomic mass is 9.57. The summed E-state index contributed by atoms with van der Waals surface area (Å²) < 4.78 is 5.87. The second-order valence-electron chi connectivity index (χ2n) is 6.32. The Hall–Kier alpha value is -0.380. The Balaban J connectivity index is 1.60. The van der Waals surface area contributed by atoms with Crippen LogP contribution in [0.2, 0.25) is 0 Å². The molecule has 1 aliphatic heterocycles. The summed E-state index contributed by atoms with van der Waals surface area (Å²) in [7, 11) is 2.29. The van der Waals surface area contributed by atoms with Gasteiger partial charge in [-0.3, -0.25) is 0 Å². The number of fused-ring (bicyclic) bond motifs is 1. The summed E-state index contributed by atoms with van der Waals surface area (Å²) in [5.41, 5.74) is 0.325. The summed E-state index contributed by atoms with van der Waals surface area (Å²) in [4.78, 5) is 4.06. The third-order valence-electron chi connectivity index (χ3n) is 4.80. The molecule has 1 saturated heterocycles. The van der Waals surface area contributed by atoms with Crippen molar-refractivity contribution in [2.75, 3.05) is 20.2 Å². The molecule has 3 atom stereocenters. The number of likely N-dealkylation sites (N-methyl/N-ethyl adjacent to an activating group) is 1. The predicted molar refractivity (Wildman–Crippen MR) is 76.1 cm³/mol. The zero-order valence-electron chi connectivity index (χ0n) is 11.6. The lowest BCUT2D eigenvalue weighted by Crippen LogP contribution is -2.66. The van der Waals surface area contributed by atoms with Crippen LogP contribution in [0.25, 0.3) is 0 Å². The molecule has 0 amide bonds. The Morgan fingerprint density at radius 1 is 1.50 bits per heavy atom. The van der Waals surface area contributed by atoms with E-state index in [4.69, 9.17) is 4.74 Å². The van der Waals surface area contributed by atoms with Crippen molar-refractivity contribution in [3.63, 3.8) is 0 Å². The third-order valence-corrected chi connectivity index (χ3v) is 5.74. The van der Waals surface area contributed by atoms with Gasteiger partial charge in [0.25, 0.3) is 0 Å². The van der Waals surface area contributed by atoms with Crippen molar-refractivity contribution in [3.05, 3.63) is 22.4 Å². The first kappa shape index (κ1) is 12.6. The Morgan fingerprint density at radius 2 is 2.33 bits per heavy atom. The molecule has 1 aromatic heterocycles. The van der Waals surface area contributed by atoms with E-state index in [2.05, 4.69) is 43.3 Å². The quantitative estimate of drug-likeness (QED) is 0.829. The summed E-state index contributed by atoms with van der Waals surface area (Å²) in [6.07, 6.45) is 2.94. The molecular formula is C15H23NOS. The molecule has 1 saturated carbocycles. The number of ether oxygens (including phenoxy) is 1. The number of thiophene rings is 1. The fourth-order valence-corrected chi connectivity index (χ4v) is 4.77. The van der Waals surface area contributed by atoms with Gasteiger partial charge < -0.3 is 9.64 Å². The van der Waals surface area contributed by atoms with Crippen molar-refractivity contribution < 1.29 is 4.74 Å². The molecule has 1 aliphatic carbocycles. The van der Waals surface area contributed by atoms with Crippen molar-refractivity contribution in [3.8, 4) is 0 Å². The minimum absolute atomic E-state index is 0.325. The lowest BCUT2D eigenvalue weighted by Gasteiger charge is -2.58. The van der Waals surface area contributed by atoms with Gasteiger partial charge in [-0.2, -0.15) is 0 Å². The largest absolute Gasteiger partial charge is 0.377 e. The molecule has 2 fully saturated rings. The van der Waals surface area contributed by atoms with E-state index in [0.29, 0.717) is 17.6 Å². The maximum absolute atomic E-state index is 5.87. The van der Waals surface area contributed by atoms with Gasteiger partial charge in [0.2, 0.25) is 0 Å². The van der Waals surface area contributed by atoms with E-state index < -0.39 is 0 Å². The van der Waals surface area contributed by atoms with Gasteiger partial charge in [-0.15, -0.1) is 11.3 Å². The van der Waals surface area contributed by atoms with E-state index >= 15 is 0 Å². The van der Waals surface area contributed by atoms with Gasteiger partial charge in [0, 0.05) is 35.4 Å². The molecule has 2 aliphatic rings.